The molecule has 0 radical (unpaired) electrons. The van der Waals surface area contributed by atoms with Gasteiger partial charge in [-0.25, -0.2) is 0 Å². The largest absolute Gasteiger partial charge is 0.494 e. The van der Waals surface area contributed by atoms with Crippen molar-refractivity contribution in [3.63, 3.8) is 0 Å². The van der Waals surface area contributed by atoms with E-state index in [0.29, 0.717) is 29.5 Å². The van der Waals surface area contributed by atoms with Crippen LogP contribution in [0.25, 0.3) is 6.08 Å². The third-order valence-corrected chi connectivity index (χ3v) is 9.30. The standard InChI is InChI=1S/C43H43N3O4S/c1-4-5-28-50-37-24-20-35(21-25-37)45-43(49)40(33-12-8-6-9-13-33)51-38-26-22-36(23-27-38)44-42(48)39(46-41(47)34-14-10-7-11-15-34)29-31-16-18-32(19-17-31)30(2)3/h6-27,29-30,40H,4-5,28H2,1-3H3,(H,44,48)(H,45,49)(H,46,47)/b39-29-. The van der Waals surface area contributed by atoms with Gasteiger partial charge >= 0.3 is 0 Å². The molecule has 5 rings (SSSR count). The smallest absolute Gasteiger partial charge is 0.272 e. The van der Waals surface area contributed by atoms with Crippen LogP contribution >= 0.6 is 11.8 Å². The van der Waals surface area contributed by atoms with Gasteiger partial charge in [-0.3, -0.25) is 14.4 Å². The van der Waals surface area contributed by atoms with Gasteiger partial charge in [0.15, 0.2) is 0 Å². The van der Waals surface area contributed by atoms with Crippen molar-refractivity contribution < 1.29 is 19.1 Å². The van der Waals surface area contributed by atoms with Crippen molar-refractivity contribution in [3.8, 4) is 5.75 Å². The van der Waals surface area contributed by atoms with E-state index in [1.54, 1.807) is 42.5 Å². The molecule has 0 aliphatic heterocycles. The van der Waals surface area contributed by atoms with E-state index in [-0.39, 0.29) is 17.5 Å². The van der Waals surface area contributed by atoms with Crippen molar-refractivity contribution in [2.75, 3.05) is 17.2 Å². The van der Waals surface area contributed by atoms with Crippen molar-refractivity contribution in [2.24, 2.45) is 0 Å². The van der Waals surface area contributed by atoms with Gasteiger partial charge in [0.2, 0.25) is 5.91 Å². The number of thioether (sulfide) groups is 1. The van der Waals surface area contributed by atoms with Crippen LogP contribution in [0.15, 0.2) is 144 Å². The summed E-state index contributed by atoms with van der Waals surface area (Å²) in [5.41, 5.74) is 4.61. The van der Waals surface area contributed by atoms with Crippen molar-refractivity contribution in [2.45, 2.75) is 49.7 Å². The minimum Gasteiger partial charge on any atom is -0.494 e. The van der Waals surface area contributed by atoms with Crippen LogP contribution in [0, 0.1) is 0 Å². The van der Waals surface area contributed by atoms with Crippen LogP contribution in [0.3, 0.4) is 0 Å². The number of unbranched alkanes of at least 4 members (excludes halogenated alkanes) is 1. The fraction of sp³-hybridized carbons (Fsp3) is 0.186. The van der Waals surface area contributed by atoms with Gasteiger partial charge in [0.1, 0.15) is 16.7 Å². The van der Waals surface area contributed by atoms with Gasteiger partial charge in [-0.2, -0.15) is 0 Å². The number of hydrogen-bond donors (Lipinski definition) is 3. The van der Waals surface area contributed by atoms with Crippen LogP contribution in [0.4, 0.5) is 11.4 Å². The van der Waals surface area contributed by atoms with Gasteiger partial charge in [0.05, 0.1) is 6.61 Å². The molecule has 0 aromatic heterocycles. The van der Waals surface area contributed by atoms with Crippen LogP contribution in [0.5, 0.6) is 5.75 Å². The van der Waals surface area contributed by atoms with Crippen molar-refractivity contribution >= 4 is 46.9 Å². The quantitative estimate of drug-likeness (QED) is 0.0575. The van der Waals surface area contributed by atoms with Crippen LogP contribution in [0.1, 0.15) is 71.8 Å². The first kappa shape index (κ1) is 36.7. The fourth-order valence-electron chi connectivity index (χ4n) is 5.11. The molecule has 0 spiro atoms. The first-order chi connectivity index (χ1) is 24.8. The Hall–Kier alpha value is -5.60. The zero-order valence-corrected chi connectivity index (χ0v) is 29.9. The molecule has 3 amide bonds. The predicted molar refractivity (Wildman–Crippen MR) is 208 cm³/mol. The number of benzene rings is 5. The molecule has 0 bridgehead atoms. The monoisotopic (exact) mass is 697 g/mol. The van der Waals surface area contributed by atoms with Gasteiger partial charge < -0.3 is 20.7 Å². The SMILES string of the molecule is CCCCOc1ccc(NC(=O)C(Sc2ccc(NC(=O)/C(=C/c3ccc(C(C)C)cc3)NC(=O)c3ccccc3)cc2)c2ccccc2)cc1. The summed E-state index contributed by atoms with van der Waals surface area (Å²) < 4.78 is 5.76. The number of hydrogen-bond acceptors (Lipinski definition) is 5. The second-order valence-corrected chi connectivity index (χ2v) is 13.5. The van der Waals surface area contributed by atoms with E-state index in [1.165, 1.54) is 17.3 Å². The second-order valence-electron chi connectivity index (χ2n) is 12.3. The van der Waals surface area contributed by atoms with E-state index >= 15 is 0 Å². The number of amides is 3. The molecule has 1 unspecified atom stereocenters. The number of carbonyl (C=O) groups is 3. The highest BCUT2D eigenvalue weighted by atomic mass is 32.2. The summed E-state index contributed by atoms with van der Waals surface area (Å²) in [4.78, 5) is 41.1. The first-order valence-corrected chi connectivity index (χ1v) is 18.0. The third kappa shape index (κ3) is 10.9. The highest BCUT2D eigenvalue weighted by Gasteiger charge is 2.23. The minimum atomic E-state index is -0.531. The van der Waals surface area contributed by atoms with E-state index in [4.69, 9.17) is 4.74 Å². The second kappa shape index (κ2) is 18.4. The number of ether oxygens (including phenoxy) is 1. The van der Waals surface area contributed by atoms with Gasteiger partial charge in [0.25, 0.3) is 11.8 Å². The summed E-state index contributed by atoms with van der Waals surface area (Å²) in [6.45, 7) is 7.02. The summed E-state index contributed by atoms with van der Waals surface area (Å²) in [5, 5.41) is 8.23. The molecule has 0 saturated carbocycles. The van der Waals surface area contributed by atoms with Gasteiger partial charge in [0, 0.05) is 21.8 Å². The molecule has 5 aromatic carbocycles. The lowest BCUT2D eigenvalue weighted by atomic mass is 10.0. The fourth-order valence-corrected chi connectivity index (χ4v) is 6.14. The maximum Gasteiger partial charge on any atom is 0.272 e. The number of nitrogens with one attached hydrogen (secondary N) is 3. The highest BCUT2D eigenvalue weighted by molar-refractivity contribution is 8.00. The van der Waals surface area contributed by atoms with E-state index in [0.717, 1.165) is 34.6 Å². The summed E-state index contributed by atoms with van der Waals surface area (Å²) in [5.74, 6) is 0.132. The van der Waals surface area contributed by atoms with Gasteiger partial charge in [-0.15, -0.1) is 11.8 Å². The Kier molecular flexibility index (Phi) is 13.2. The van der Waals surface area contributed by atoms with Gasteiger partial charge in [-0.1, -0.05) is 100.0 Å². The maximum atomic E-state index is 13.6. The molecule has 51 heavy (non-hydrogen) atoms. The zero-order chi connectivity index (χ0) is 36.0. The Labute approximate surface area is 304 Å². The molecule has 5 aromatic rings. The third-order valence-electron chi connectivity index (χ3n) is 8.04. The van der Waals surface area contributed by atoms with E-state index in [9.17, 15) is 14.4 Å². The summed E-state index contributed by atoms with van der Waals surface area (Å²) >= 11 is 1.41. The van der Waals surface area contributed by atoms with E-state index in [1.807, 2.05) is 97.1 Å². The van der Waals surface area contributed by atoms with Gasteiger partial charge in [-0.05, 0) is 95.8 Å². The normalized spacial score (nSPS) is 11.8. The summed E-state index contributed by atoms with van der Waals surface area (Å²) in [6.07, 6.45) is 3.71. The molecule has 0 aliphatic rings. The lowest BCUT2D eigenvalue weighted by Crippen LogP contribution is -2.30. The lowest BCUT2D eigenvalue weighted by Gasteiger charge is -2.18. The Morgan fingerprint density at radius 3 is 1.94 bits per heavy atom. The summed E-state index contributed by atoms with van der Waals surface area (Å²) in [6, 6.07) is 41.0. The van der Waals surface area contributed by atoms with Crippen molar-refractivity contribution in [1.29, 1.82) is 0 Å². The number of carbonyl (C=O) groups excluding carboxylic acids is 3. The molecule has 8 heteroatoms. The van der Waals surface area contributed by atoms with Crippen LogP contribution in [-0.4, -0.2) is 24.3 Å². The molecule has 3 N–H and O–H groups in total. The molecule has 1 atom stereocenters. The summed E-state index contributed by atoms with van der Waals surface area (Å²) in [7, 11) is 0. The van der Waals surface area contributed by atoms with E-state index in [2.05, 4.69) is 36.7 Å². The van der Waals surface area contributed by atoms with Crippen molar-refractivity contribution in [1.82, 2.24) is 5.32 Å². The Morgan fingerprint density at radius 2 is 1.31 bits per heavy atom. The van der Waals surface area contributed by atoms with E-state index < -0.39 is 11.2 Å². The Balaban J connectivity index is 1.29. The molecular weight excluding hydrogens is 655 g/mol. The highest BCUT2D eigenvalue weighted by Crippen LogP contribution is 2.37. The molecule has 260 valence electrons. The molecule has 7 nitrogen and oxygen atoms in total. The molecule has 0 heterocycles. The van der Waals surface area contributed by atoms with Crippen molar-refractivity contribution in [3.05, 3.63) is 161 Å². The molecule has 0 saturated heterocycles. The topological polar surface area (TPSA) is 96.5 Å². The minimum absolute atomic E-state index is 0.112. The zero-order valence-electron chi connectivity index (χ0n) is 29.1. The Morgan fingerprint density at radius 1 is 0.706 bits per heavy atom. The Bertz CT molecular complexity index is 1910. The van der Waals surface area contributed by atoms with Crippen LogP contribution in [0.2, 0.25) is 0 Å². The predicted octanol–water partition coefficient (Wildman–Crippen LogP) is 9.87. The van der Waals surface area contributed by atoms with Crippen LogP contribution < -0.4 is 20.7 Å². The average molecular weight is 698 g/mol. The molecular formula is C43H43N3O4S. The maximum absolute atomic E-state index is 13.6. The first-order valence-electron chi connectivity index (χ1n) is 17.1. The van der Waals surface area contributed by atoms with Crippen LogP contribution in [-0.2, 0) is 9.59 Å². The lowest BCUT2D eigenvalue weighted by molar-refractivity contribution is -0.116. The molecule has 0 fully saturated rings. The number of anilines is 2. The number of rotatable bonds is 15. The average Bonchev–Trinajstić information content (AvgIpc) is 3.16. The molecule has 0 aliphatic carbocycles.